The SMILES string of the molecule is CC(C)(C)N(N)c1ccccc1. The molecule has 0 fully saturated rings. The summed E-state index contributed by atoms with van der Waals surface area (Å²) in [7, 11) is 0. The van der Waals surface area contributed by atoms with Gasteiger partial charge in [-0.05, 0) is 32.9 Å². The summed E-state index contributed by atoms with van der Waals surface area (Å²) in [6.45, 7) is 6.25. The zero-order valence-corrected chi connectivity index (χ0v) is 7.91. The molecular formula is C10H16N2. The van der Waals surface area contributed by atoms with Gasteiger partial charge in [0.15, 0.2) is 0 Å². The molecule has 0 aromatic heterocycles. The standard InChI is InChI=1S/C10H16N2/c1-10(2,3)12(11)9-7-5-4-6-8-9/h4-8H,11H2,1-3H3. The van der Waals surface area contributed by atoms with E-state index in [2.05, 4.69) is 20.8 Å². The predicted molar refractivity (Wildman–Crippen MR) is 52.9 cm³/mol. The molecule has 0 aliphatic heterocycles. The molecule has 1 rings (SSSR count). The van der Waals surface area contributed by atoms with E-state index in [9.17, 15) is 0 Å². The normalized spacial score (nSPS) is 11.3. The van der Waals surface area contributed by atoms with Gasteiger partial charge in [0.1, 0.15) is 0 Å². The van der Waals surface area contributed by atoms with Crippen LogP contribution in [0.25, 0.3) is 0 Å². The van der Waals surface area contributed by atoms with E-state index in [4.69, 9.17) is 5.84 Å². The third-order valence-electron chi connectivity index (χ3n) is 1.76. The minimum absolute atomic E-state index is 0.0264. The number of benzene rings is 1. The highest BCUT2D eigenvalue weighted by atomic mass is 15.4. The quantitative estimate of drug-likeness (QED) is 0.509. The summed E-state index contributed by atoms with van der Waals surface area (Å²) in [5.74, 6) is 5.91. The van der Waals surface area contributed by atoms with Crippen LogP contribution in [0.3, 0.4) is 0 Å². The van der Waals surface area contributed by atoms with Gasteiger partial charge in [0.2, 0.25) is 0 Å². The van der Waals surface area contributed by atoms with E-state index in [0.29, 0.717) is 0 Å². The number of hydrazine groups is 1. The second kappa shape index (κ2) is 3.15. The first-order chi connectivity index (χ1) is 5.52. The lowest BCUT2D eigenvalue weighted by atomic mass is 10.1. The van der Waals surface area contributed by atoms with E-state index in [1.807, 2.05) is 30.3 Å². The molecule has 2 heteroatoms. The van der Waals surface area contributed by atoms with Gasteiger partial charge in [0.05, 0.1) is 5.69 Å². The van der Waals surface area contributed by atoms with Crippen molar-refractivity contribution in [1.82, 2.24) is 0 Å². The van der Waals surface area contributed by atoms with E-state index in [1.165, 1.54) is 0 Å². The fourth-order valence-electron chi connectivity index (χ4n) is 0.976. The Morgan fingerprint density at radius 2 is 1.58 bits per heavy atom. The van der Waals surface area contributed by atoms with E-state index in [-0.39, 0.29) is 5.54 Å². The van der Waals surface area contributed by atoms with Crippen molar-refractivity contribution in [3.8, 4) is 0 Å². The second-order valence-corrected chi connectivity index (χ2v) is 3.88. The molecule has 0 amide bonds. The van der Waals surface area contributed by atoms with Crippen molar-refractivity contribution in [3.63, 3.8) is 0 Å². The van der Waals surface area contributed by atoms with E-state index in [1.54, 1.807) is 5.01 Å². The minimum Gasteiger partial charge on any atom is -0.306 e. The lowest BCUT2D eigenvalue weighted by Crippen LogP contribution is -2.46. The number of rotatable bonds is 1. The van der Waals surface area contributed by atoms with Crippen molar-refractivity contribution in [2.45, 2.75) is 26.3 Å². The van der Waals surface area contributed by atoms with Crippen molar-refractivity contribution >= 4 is 5.69 Å². The van der Waals surface area contributed by atoms with Gasteiger partial charge in [-0.15, -0.1) is 0 Å². The van der Waals surface area contributed by atoms with Crippen molar-refractivity contribution in [2.24, 2.45) is 5.84 Å². The number of nitrogens with two attached hydrogens (primary N) is 1. The molecule has 0 bridgehead atoms. The first kappa shape index (κ1) is 9.07. The zero-order valence-electron chi connectivity index (χ0n) is 7.91. The van der Waals surface area contributed by atoms with Gasteiger partial charge in [-0.2, -0.15) is 0 Å². The maximum Gasteiger partial charge on any atom is 0.0523 e. The molecule has 0 radical (unpaired) electrons. The summed E-state index contributed by atoms with van der Waals surface area (Å²) in [6, 6.07) is 9.97. The van der Waals surface area contributed by atoms with Crippen molar-refractivity contribution in [1.29, 1.82) is 0 Å². The summed E-state index contributed by atoms with van der Waals surface area (Å²) in [5, 5.41) is 1.77. The zero-order chi connectivity index (χ0) is 9.19. The molecule has 0 saturated carbocycles. The average molecular weight is 164 g/mol. The Morgan fingerprint density at radius 1 is 1.08 bits per heavy atom. The number of hydrogen-bond donors (Lipinski definition) is 1. The van der Waals surface area contributed by atoms with Gasteiger partial charge in [-0.3, -0.25) is 0 Å². The molecule has 0 aliphatic rings. The van der Waals surface area contributed by atoms with Gasteiger partial charge in [-0.1, -0.05) is 18.2 Å². The molecule has 1 aromatic rings. The largest absolute Gasteiger partial charge is 0.306 e. The third-order valence-corrected chi connectivity index (χ3v) is 1.76. The van der Waals surface area contributed by atoms with Crippen molar-refractivity contribution in [2.75, 3.05) is 5.01 Å². The highest BCUT2D eigenvalue weighted by Gasteiger charge is 2.17. The molecule has 0 aliphatic carbocycles. The predicted octanol–water partition coefficient (Wildman–Crippen LogP) is 2.17. The molecule has 2 N–H and O–H groups in total. The Kier molecular flexibility index (Phi) is 2.38. The van der Waals surface area contributed by atoms with Gasteiger partial charge in [0.25, 0.3) is 0 Å². The van der Waals surface area contributed by atoms with Crippen molar-refractivity contribution in [3.05, 3.63) is 30.3 Å². The first-order valence-corrected chi connectivity index (χ1v) is 4.12. The summed E-state index contributed by atoms with van der Waals surface area (Å²) in [6.07, 6.45) is 0. The van der Waals surface area contributed by atoms with Crippen LogP contribution in [-0.2, 0) is 0 Å². The summed E-state index contributed by atoms with van der Waals surface area (Å²) < 4.78 is 0. The molecule has 0 unspecified atom stereocenters. The molecule has 0 heterocycles. The molecule has 12 heavy (non-hydrogen) atoms. The van der Waals surface area contributed by atoms with Crippen LogP contribution >= 0.6 is 0 Å². The lowest BCUT2D eigenvalue weighted by Gasteiger charge is -2.32. The molecule has 2 nitrogen and oxygen atoms in total. The number of para-hydroxylation sites is 1. The Labute approximate surface area is 74.0 Å². The van der Waals surface area contributed by atoms with Gasteiger partial charge in [0, 0.05) is 5.54 Å². The van der Waals surface area contributed by atoms with Crippen molar-refractivity contribution < 1.29 is 0 Å². The maximum atomic E-state index is 5.91. The summed E-state index contributed by atoms with van der Waals surface area (Å²) in [5.41, 5.74) is 1.02. The Bertz CT molecular complexity index is 236. The van der Waals surface area contributed by atoms with Crippen LogP contribution in [0.5, 0.6) is 0 Å². The Hall–Kier alpha value is -1.02. The molecule has 0 spiro atoms. The van der Waals surface area contributed by atoms with E-state index in [0.717, 1.165) is 5.69 Å². The molecular weight excluding hydrogens is 148 g/mol. The first-order valence-electron chi connectivity index (χ1n) is 4.12. The van der Waals surface area contributed by atoms with Gasteiger partial charge in [-0.25, -0.2) is 5.84 Å². The van der Waals surface area contributed by atoms with Crippen LogP contribution in [0.4, 0.5) is 5.69 Å². The fourth-order valence-corrected chi connectivity index (χ4v) is 0.976. The van der Waals surface area contributed by atoms with Crippen LogP contribution in [0, 0.1) is 0 Å². The van der Waals surface area contributed by atoms with E-state index >= 15 is 0 Å². The van der Waals surface area contributed by atoms with E-state index < -0.39 is 0 Å². The van der Waals surface area contributed by atoms with Crippen LogP contribution in [0.15, 0.2) is 30.3 Å². The lowest BCUT2D eigenvalue weighted by molar-refractivity contribution is 0.514. The number of anilines is 1. The van der Waals surface area contributed by atoms with Crippen LogP contribution in [0.1, 0.15) is 20.8 Å². The third kappa shape index (κ3) is 1.98. The highest BCUT2D eigenvalue weighted by Crippen LogP contribution is 2.18. The maximum absolute atomic E-state index is 5.91. The topological polar surface area (TPSA) is 29.3 Å². The Balaban J connectivity index is 2.86. The molecule has 1 aromatic carbocycles. The fraction of sp³-hybridized carbons (Fsp3) is 0.400. The molecule has 0 saturated heterocycles. The number of hydrogen-bond acceptors (Lipinski definition) is 2. The second-order valence-electron chi connectivity index (χ2n) is 3.88. The van der Waals surface area contributed by atoms with Crippen LogP contribution < -0.4 is 10.9 Å². The number of nitrogens with zero attached hydrogens (tertiary/aromatic N) is 1. The van der Waals surface area contributed by atoms with Crippen LogP contribution in [-0.4, -0.2) is 5.54 Å². The highest BCUT2D eigenvalue weighted by molar-refractivity contribution is 5.46. The van der Waals surface area contributed by atoms with Gasteiger partial charge < -0.3 is 5.01 Å². The minimum atomic E-state index is -0.0264. The average Bonchev–Trinajstić information content (AvgIpc) is 2.03. The van der Waals surface area contributed by atoms with Gasteiger partial charge >= 0.3 is 0 Å². The Morgan fingerprint density at radius 3 is 2.00 bits per heavy atom. The smallest absolute Gasteiger partial charge is 0.0523 e. The summed E-state index contributed by atoms with van der Waals surface area (Å²) in [4.78, 5) is 0. The summed E-state index contributed by atoms with van der Waals surface area (Å²) >= 11 is 0. The molecule has 66 valence electrons. The van der Waals surface area contributed by atoms with Crippen LogP contribution in [0.2, 0.25) is 0 Å². The molecule has 0 atom stereocenters. The monoisotopic (exact) mass is 164 g/mol.